The van der Waals surface area contributed by atoms with Crippen molar-refractivity contribution >= 4 is 11.7 Å². The molecule has 20 heavy (non-hydrogen) atoms. The van der Waals surface area contributed by atoms with E-state index in [1.54, 1.807) is 11.8 Å². The molecule has 3 heteroatoms. The third kappa shape index (κ3) is 2.09. The fraction of sp³-hybridized carbons (Fsp3) is 0.294. The summed E-state index contributed by atoms with van der Waals surface area (Å²) < 4.78 is 0. The fourth-order valence-corrected chi connectivity index (χ4v) is 3.13. The van der Waals surface area contributed by atoms with E-state index in [2.05, 4.69) is 0 Å². The van der Waals surface area contributed by atoms with Gasteiger partial charge in [-0.05, 0) is 12.0 Å². The van der Waals surface area contributed by atoms with Gasteiger partial charge in [-0.3, -0.25) is 9.59 Å². The second kappa shape index (κ2) is 5.08. The molecule has 1 aromatic rings. The van der Waals surface area contributed by atoms with E-state index in [4.69, 9.17) is 0 Å². The average molecular weight is 267 g/mol. The molecule has 3 nitrogen and oxygen atoms in total. The Kier molecular flexibility index (Phi) is 3.26. The van der Waals surface area contributed by atoms with Crippen LogP contribution >= 0.6 is 0 Å². The van der Waals surface area contributed by atoms with Crippen LogP contribution in [0.25, 0.3) is 0 Å². The Morgan fingerprint density at radius 2 is 2.05 bits per heavy atom. The lowest BCUT2D eigenvalue weighted by atomic mass is 9.97. The van der Waals surface area contributed by atoms with Gasteiger partial charge in [0.1, 0.15) is 0 Å². The molecule has 0 aromatic heterocycles. The lowest BCUT2D eigenvalue weighted by Gasteiger charge is -2.28. The second-order valence-corrected chi connectivity index (χ2v) is 5.30. The van der Waals surface area contributed by atoms with E-state index in [1.165, 1.54) is 0 Å². The number of hydrogen-bond donors (Lipinski definition) is 0. The number of likely N-dealkylation sites (tertiary alicyclic amines) is 1. The number of hydrogen-bond acceptors (Lipinski definition) is 2. The zero-order valence-electron chi connectivity index (χ0n) is 11.5. The molecule has 2 atom stereocenters. The Labute approximate surface area is 118 Å². The molecule has 0 radical (unpaired) electrons. The minimum atomic E-state index is -0.356. The number of carbonyl (C=O) groups is 2. The van der Waals surface area contributed by atoms with E-state index in [0.29, 0.717) is 6.42 Å². The van der Waals surface area contributed by atoms with Gasteiger partial charge in [-0.1, -0.05) is 48.6 Å². The molecule has 1 aliphatic heterocycles. The van der Waals surface area contributed by atoms with Crippen LogP contribution in [0, 0.1) is 0 Å². The van der Waals surface area contributed by atoms with Gasteiger partial charge in [0, 0.05) is 18.9 Å². The maximum absolute atomic E-state index is 12.6. The third-order valence-corrected chi connectivity index (χ3v) is 4.02. The van der Waals surface area contributed by atoms with E-state index in [9.17, 15) is 9.59 Å². The number of amides is 1. The van der Waals surface area contributed by atoms with E-state index in [-0.39, 0.29) is 23.8 Å². The van der Waals surface area contributed by atoms with Crippen LogP contribution in [-0.2, 0) is 16.0 Å². The summed E-state index contributed by atoms with van der Waals surface area (Å²) in [7, 11) is 0. The molecule has 1 heterocycles. The minimum absolute atomic E-state index is 0.0250. The van der Waals surface area contributed by atoms with Crippen LogP contribution in [0.3, 0.4) is 0 Å². The van der Waals surface area contributed by atoms with Crippen molar-refractivity contribution in [1.29, 1.82) is 0 Å². The van der Waals surface area contributed by atoms with Crippen LogP contribution in [-0.4, -0.2) is 28.7 Å². The number of benzene rings is 1. The average Bonchev–Trinajstić information content (AvgIpc) is 2.74. The van der Waals surface area contributed by atoms with Crippen LogP contribution in [0.1, 0.15) is 18.9 Å². The third-order valence-electron chi connectivity index (χ3n) is 4.02. The molecule has 1 amide bonds. The van der Waals surface area contributed by atoms with Crippen LogP contribution in [0.2, 0.25) is 0 Å². The SMILES string of the molecule is CC(=O)N1C(Cc2ccccc2)C(=O)C2=CC=CCC21. The number of allylic oxidation sites excluding steroid dienone is 2. The van der Waals surface area contributed by atoms with Gasteiger partial charge in [0.25, 0.3) is 0 Å². The minimum Gasteiger partial charge on any atom is -0.325 e. The maximum atomic E-state index is 12.6. The number of carbonyl (C=O) groups excluding carboxylic acids is 2. The molecule has 102 valence electrons. The summed E-state index contributed by atoms with van der Waals surface area (Å²) in [6.45, 7) is 1.55. The highest BCUT2D eigenvalue weighted by Crippen LogP contribution is 2.32. The predicted molar refractivity (Wildman–Crippen MR) is 77.1 cm³/mol. The summed E-state index contributed by atoms with van der Waals surface area (Å²) in [5.74, 6) is 0.0707. The van der Waals surface area contributed by atoms with Gasteiger partial charge in [-0.2, -0.15) is 0 Å². The summed E-state index contributed by atoms with van der Waals surface area (Å²) in [6.07, 6.45) is 7.11. The van der Waals surface area contributed by atoms with Crippen molar-refractivity contribution in [2.45, 2.75) is 31.8 Å². The molecule has 1 fully saturated rings. The number of rotatable bonds is 2. The first-order valence-electron chi connectivity index (χ1n) is 6.92. The predicted octanol–water partition coefficient (Wildman–Crippen LogP) is 2.28. The van der Waals surface area contributed by atoms with Gasteiger partial charge < -0.3 is 4.90 Å². The Balaban J connectivity index is 1.93. The monoisotopic (exact) mass is 267 g/mol. The Morgan fingerprint density at radius 1 is 1.30 bits per heavy atom. The van der Waals surface area contributed by atoms with Crippen molar-refractivity contribution in [3.05, 3.63) is 59.7 Å². The first-order chi connectivity index (χ1) is 9.68. The fourth-order valence-electron chi connectivity index (χ4n) is 3.13. The zero-order valence-corrected chi connectivity index (χ0v) is 11.5. The molecular weight excluding hydrogens is 250 g/mol. The molecule has 0 bridgehead atoms. The van der Waals surface area contributed by atoms with E-state index in [1.807, 2.05) is 48.6 Å². The van der Waals surface area contributed by atoms with Crippen molar-refractivity contribution in [2.75, 3.05) is 0 Å². The summed E-state index contributed by atoms with van der Waals surface area (Å²) in [5.41, 5.74) is 1.87. The number of ketones is 1. The van der Waals surface area contributed by atoms with Crippen molar-refractivity contribution in [3.63, 3.8) is 0 Å². The lowest BCUT2D eigenvalue weighted by Crippen LogP contribution is -2.42. The van der Waals surface area contributed by atoms with Crippen molar-refractivity contribution in [1.82, 2.24) is 4.90 Å². The molecular formula is C17H17NO2. The number of fused-ring (bicyclic) bond motifs is 1. The molecule has 0 saturated carbocycles. The Morgan fingerprint density at radius 3 is 2.75 bits per heavy atom. The zero-order chi connectivity index (χ0) is 14.1. The summed E-state index contributed by atoms with van der Waals surface area (Å²) in [5, 5.41) is 0. The molecule has 1 aliphatic carbocycles. The Hall–Kier alpha value is -2.16. The first-order valence-corrected chi connectivity index (χ1v) is 6.92. The molecule has 3 rings (SSSR count). The van der Waals surface area contributed by atoms with Gasteiger partial charge in [0.2, 0.25) is 5.91 Å². The standard InChI is InChI=1S/C17H17NO2/c1-12(19)18-15-10-6-5-9-14(15)17(20)16(18)11-13-7-3-2-4-8-13/h2-9,15-16H,10-11H2,1H3. The van der Waals surface area contributed by atoms with Gasteiger partial charge in [0.15, 0.2) is 5.78 Å². The molecule has 0 N–H and O–H groups in total. The van der Waals surface area contributed by atoms with Gasteiger partial charge in [-0.25, -0.2) is 0 Å². The number of nitrogens with zero attached hydrogens (tertiary/aromatic N) is 1. The lowest BCUT2D eigenvalue weighted by molar-refractivity contribution is -0.134. The molecule has 2 aliphatic rings. The summed E-state index contributed by atoms with van der Waals surface area (Å²) in [6, 6.07) is 9.45. The summed E-state index contributed by atoms with van der Waals surface area (Å²) in [4.78, 5) is 26.3. The topological polar surface area (TPSA) is 37.4 Å². The van der Waals surface area contributed by atoms with E-state index in [0.717, 1.165) is 17.6 Å². The normalized spacial score (nSPS) is 24.6. The van der Waals surface area contributed by atoms with Crippen LogP contribution < -0.4 is 0 Å². The largest absolute Gasteiger partial charge is 0.325 e. The highest BCUT2D eigenvalue weighted by Gasteiger charge is 2.45. The summed E-state index contributed by atoms with van der Waals surface area (Å²) >= 11 is 0. The molecule has 0 spiro atoms. The first kappa shape index (κ1) is 12.9. The van der Waals surface area contributed by atoms with Gasteiger partial charge in [-0.15, -0.1) is 0 Å². The van der Waals surface area contributed by atoms with Gasteiger partial charge in [0.05, 0.1) is 12.1 Å². The maximum Gasteiger partial charge on any atom is 0.220 e. The van der Waals surface area contributed by atoms with Gasteiger partial charge >= 0.3 is 0 Å². The number of Topliss-reactive ketones (excluding diaryl/α,β-unsaturated/α-hetero) is 1. The van der Waals surface area contributed by atoms with Crippen molar-refractivity contribution in [3.8, 4) is 0 Å². The van der Waals surface area contributed by atoms with E-state index >= 15 is 0 Å². The second-order valence-electron chi connectivity index (χ2n) is 5.30. The van der Waals surface area contributed by atoms with Crippen LogP contribution in [0.4, 0.5) is 0 Å². The van der Waals surface area contributed by atoms with Crippen molar-refractivity contribution in [2.24, 2.45) is 0 Å². The molecule has 1 saturated heterocycles. The molecule has 2 unspecified atom stereocenters. The van der Waals surface area contributed by atoms with E-state index < -0.39 is 0 Å². The van der Waals surface area contributed by atoms with Crippen molar-refractivity contribution < 1.29 is 9.59 Å². The van der Waals surface area contributed by atoms with Crippen LogP contribution in [0.5, 0.6) is 0 Å². The highest BCUT2D eigenvalue weighted by atomic mass is 16.2. The Bertz CT molecular complexity index is 601. The van der Waals surface area contributed by atoms with Crippen LogP contribution in [0.15, 0.2) is 54.1 Å². The quantitative estimate of drug-likeness (QED) is 0.824. The highest BCUT2D eigenvalue weighted by molar-refractivity contribution is 6.06. The molecule has 1 aromatic carbocycles. The smallest absolute Gasteiger partial charge is 0.220 e.